The van der Waals surface area contributed by atoms with Gasteiger partial charge in [-0.3, -0.25) is 0 Å². The maximum atomic E-state index is 12.6. The van der Waals surface area contributed by atoms with Gasteiger partial charge in [-0.15, -0.1) is 0 Å². The molecule has 0 aromatic rings. The highest BCUT2D eigenvalue weighted by atomic mass is 32.2. The highest BCUT2D eigenvalue weighted by Gasteiger charge is 2.25. The first-order chi connectivity index (χ1) is 12.4. The van der Waals surface area contributed by atoms with E-state index < -0.39 is 28.2 Å². The van der Waals surface area contributed by atoms with E-state index in [9.17, 15) is 30.5 Å². The van der Waals surface area contributed by atoms with Crippen LogP contribution in [0.4, 0.5) is 17.6 Å². The van der Waals surface area contributed by atoms with Gasteiger partial charge in [0.25, 0.3) is 0 Å². The molecule has 0 rings (SSSR count). The Hall–Kier alpha value is -0.410. The summed E-state index contributed by atoms with van der Waals surface area (Å²) < 4.78 is 79.8. The number of unbranched alkanes of at least 4 members (excludes halogenated alkanes) is 5. The Balaban J connectivity index is 0. The summed E-state index contributed by atoms with van der Waals surface area (Å²) >= 11 is 0. The van der Waals surface area contributed by atoms with E-state index in [-0.39, 0.29) is 19.3 Å². The molecule has 0 N–H and O–H groups in total. The summed E-state index contributed by atoms with van der Waals surface area (Å²) in [4.78, 5) is 0. The van der Waals surface area contributed by atoms with Crippen molar-refractivity contribution in [3.8, 4) is 0 Å². The smallest absolute Gasteiger partial charge is 0.389 e. The first kappa shape index (κ1) is 28.8. The van der Waals surface area contributed by atoms with E-state index in [4.69, 9.17) is 0 Å². The third kappa shape index (κ3) is 16.3. The summed E-state index contributed by atoms with van der Waals surface area (Å²) in [6, 6.07) is 0. The first-order valence-electron chi connectivity index (χ1n) is 9.88. The molecule has 0 spiro atoms. The molecule has 1 unspecified atom stereocenters. The fourth-order valence-electron chi connectivity index (χ4n) is 2.82. The van der Waals surface area contributed by atoms with Crippen molar-refractivity contribution in [3.05, 3.63) is 0 Å². The molecular weight excluding hydrogens is 386 g/mol. The lowest BCUT2D eigenvalue weighted by Gasteiger charge is -2.34. The maximum absolute atomic E-state index is 12.6. The van der Waals surface area contributed by atoms with E-state index in [2.05, 4.69) is 27.7 Å². The number of rotatable bonds is 13. The number of hydrogen-bond donors (Lipinski definition) is 0. The molecule has 9 heteroatoms. The topological polar surface area (TPSA) is 57.2 Å². The minimum Gasteiger partial charge on any atom is -0.746 e. The summed E-state index contributed by atoms with van der Waals surface area (Å²) in [6.45, 7) is 14.2. The van der Waals surface area contributed by atoms with E-state index in [0.717, 1.165) is 0 Å². The lowest BCUT2D eigenvalue weighted by molar-refractivity contribution is -0.921. The highest BCUT2D eigenvalue weighted by Crippen LogP contribution is 2.23. The summed E-state index contributed by atoms with van der Waals surface area (Å²) in [6.07, 6.45) is -2.76. The van der Waals surface area contributed by atoms with Crippen LogP contribution in [0.3, 0.4) is 0 Å². The number of alkyl halides is 4. The number of quaternary nitrogens is 1. The van der Waals surface area contributed by atoms with Crippen molar-refractivity contribution in [2.24, 2.45) is 0 Å². The van der Waals surface area contributed by atoms with Gasteiger partial charge >= 0.3 is 6.18 Å². The quantitative estimate of drug-likeness (QED) is 0.173. The van der Waals surface area contributed by atoms with Crippen molar-refractivity contribution in [2.45, 2.75) is 90.7 Å². The summed E-state index contributed by atoms with van der Waals surface area (Å²) in [5.74, 6) is 0. The largest absolute Gasteiger partial charge is 0.746 e. The molecular formula is C18H37F4NO3S. The molecule has 0 saturated carbocycles. The van der Waals surface area contributed by atoms with Crippen LogP contribution in [-0.4, -0.2) is 55.3 Å². The molecule has 27 heavy (non-hydrogen) atoms. The molecule has 0 bridgehead atoms. The molecule has 0 saturated heterocycles. The molecule has 0 fully saturated rings. The SMILES string of the molecule is CC[N+](CC)(CC)CC.O=S(=O)([O-])C(F)CCCCCCCCC(F)(F)F. The van der Waals surface area contributed by atoms with Crippen molar-refractivity contribution in [3.63, 3.8) is 0 Å². The molecule has 4 nitrogen and oxygen atoms in total. The van der Waals surface area contributed by atoms with Gasteiger partial charge in [0.05, 0.1) is 26.2 Å². The normalized spacial score (nSPS) is 13.8. The van der Waals surface area contributed by atoms with E-state index in [1.54, 1.807) is 0 Å². The van der Waals surface area contributed by atoms with Gasteiger partial charge in [-0.25, -0.2) is 12.8 Å². The van der Waals surface area contributed by atoms with E-state index in [0.29, 0.717) is 25.7 Å². The van der Waals surface area contributed by atoms with E-state index >= 15 is 0 Å². The molecule has 0 aliphatic carbocycles. The van der Waals surface area contributed by atoms with Gasteiger partial charge in [-0.2, -0.15) is 13.2 Å². The van der Waals surface area contributed by atoms with Gasteiger partial charge in [-0.05, 0) is 47.0 Å². The Morgan fingerprint density at radius 3 is 1.48 bits per heavy atom. The van der Waals surface area contributed by atoms with Gasteiger partial charge < -0.3 is 9.04 Å². The third-order valence-electron chi connectivity index (χ3n) is 5.14. The van der Waals surface area contributed by atoms with Crippen molar-refractivity contribution in [2.75, 3.05) is 26.2 Å². The molecule has 0 aromatic carbocycles. The van der Waals surface area contributed by atoms with Crippen LogP contribution in [0.2, 0.25) is 0 Å². The van der Waals surface area contributed by atoms with Crippen LogP contribution in [0.25, 0.3) is 0 Å². The van der Waals surface area contributed by atoms with Crippen LogP contribution >= 0.6 is 0 Å². The van der Waals surface area contributed by atoms with Gasteiger partial charge in [-0.1, -0.05) is 25.7 Å². The first-order valence-corrected chi connectivity index (χ1v) is 11.3. The summed E-state index contributed by atoms with van der Waals surface area (Å²) in [7, 11) is -4.86. The molecule has 0 aromatic heterocycles. The van der Waals surface area contributed by atoms with Gasteiger partial charge in [0.15, 0.2) is 5.50 Å². The van der Waals surface area contributed by atoms with Crippen LogP contribution in [0, 0.1) is 0 Å². The second-order valence-corrected chi connectivity index (χ2v) is 8.28. The van der Waals surface area contributed by atoms with Crippen molar-refractivity contribution in [1.82, 2.24) is 0 Å². The number of halogens is 4. The van der Waals surface area contributed by atoms with Crippen LogP contribution in [-0.2, 0) is 10.1 Å². The monoisotopic (exact) mass is 423 g/mol. The summed E-state index contributed by atoms with van der Waals surface area (Å²) in [5, 5.41) is 0. The maximum Gasteiger partial charge on any atom is 0.389 e. The molecule has 0 aliphatic heterocycles. The fraction of sp³-hybridized carbons (Fsp3) is 1.00. The minimum atomic E-state index is -4.86. The van der Waals surface area contributed by atoms with Gasteiger partial charge in [0, 0.05) is 6.42 Å². The van der Waals surface area contributed by atoms with Crippen LogP contribution in [0.1, 0.15) is 79.1 Å². The summed E-state index contributed by atoms with van der Waals surface area (Å²) in [5.41, 5.74) is -2.37. The zero-order chi connectivity index (χ0) is 21.6. The molecule has 0 amide bonds. The molecule has 1 atom stereocenters. The zero-order valence-electron chi connectivity index (χ0n) is 17.2. The Labute approximate surface area is 162 Å². The minimum absolute atomic E-state index is 0.0736. The van der Waals surface area contributed by atoms with Crippen LogP contribution in [0.5, 0.6) is 0 Å². The average Bonchev–Trinajstić information content (AvgIpc) is 2.58. The lowest BCUT2D eigenvalue weighted by Crippen LogP contribution is -2.47. The highest BCUT2D eigenvalue weighted by molar-refractivity contribution is 7.86. The standard InChI is InChI=1S/C10H18F4O3S.C8H20N/c11-9(18(15,16)17)7-5-3-1-2-4-6-8-10(12,13)14;1-5-9(6-2,7-3)8-4/h9H,1-8H2,(H,15,16,17);5-8H2,1-4H3/q;+1/p-1. The fourth-order valence-corrected chi connectivity index (χ4v) is 3.28. The Kier molecular flexibility index (Phi) is 15.5. The van der Waals surface area contributed by atoms with Crippen molar-refractivity contribution < 1.29 is 35.0 Å². The molecule has 166 valence electrons. The van der Waals surface area contributed by atoms with Gasteiger partial charge in [0.1, 0.15) is 10.1 Å². The molecule has 0 aliphatic rings. The Morgan fingerprint density at radius 2 is 1.19 bits per heavy atom. The zero-order valence-corrected chi connectivity index (χ0v) is 18.0. The number of nitrogens with zero attached hydrogens (tertiary/aromatic N) is 1. The van der Waals surface area contributed by atoms with Gasteiger partial charge in [0.2, 0.25) is 0 Å². The average molecular weight is 424 g/mol. The molecule has 0 heterocycles. The predicted octanol–water partition coefficient (Wildman–Crippen LogP) is 5.39. The Morgan fingerprint density at radius 1 is 0.815 bits per heavy atom. The van der Waals surface area contributed by atoms with Crippen molar-refractivity contribution >= 4 is 10.1 Å². The van der Waals surface area contributed by atoms with E-state index in [1.807, 2.05) is 0 Å². The molecule has 0 radical (unpaired) electrons. The van der Waals surface area contributed by atoms with E-state index in [1.165, 1.54) is 30.7 Å². The van der Waals surface area contributed by atoms with Crippen LogP contribution in [0.15, 0.2) is 0 Å². The second-order valence-electron chi connectivity index (χ2n) is 6.78. The predicted molar refractivity (Wildman–Crippen MR) is 100 cm³/mol. The van der Waals surface area contributed by atoms with Crippen molar-refractivity contribution in [1.29, 1.82) is 0 Å². The Bertz CT molecular complexity index is 435. The lowest BCUT2D eigenvalue weighted by atomic mass is 10.1. The third-order valence-corrected chi connectivity index (χ3v) is 6.00. The second kappa shape index (κ2) is 14.6. The number of hydrogen-bond acceptors (Lipinski definition) is 3. The van der Waals surface area contributed by atoms with Crippen LogP contribution < -0.4 is 0 Å².